The van der Waals surface area contributed by atoms with Crippen LogP contribution in [0.2, 0.25) is 0 Å². The largest absolute Gasteiger partial charge is 0.350 e. The minimum atomic E-state index is -3.46. The molecule has 2 aliphatic heterocycles. The van der Waals surface area contributed by atoms with Gasteiger partial charge in [0.25, 0.3) is 0 Å². The molecule has 2 aromatic rings. The van der Waals surface area contributed by atoms with Crippen LogP contribution in [0.5, 0.6) is 0 Å². The molecule has 2 fully saturated rings. The molecule has 0 aliphatic carbocycles. The van der Waals surface area contributed by atoms with Crippen molar-refractivity contribution < 1.29 is 18.0 Å². The molecule has 3 heterocycles. The van der Waals surface area contributed by atoms with Crippen LogP contribution in [0.25, 0.3) is 0 Å². The van der Waals surface area contributed by atoms with Crippen LogP contribution in [0.15, 0.2) is 46.7 Å². The van der Waals surface area contributed by atoms with Gasteiger partial charge in [-0.3, -0.25) is 9.59 Å². The Labute approximate surface area is 193 Å². The molecule has 0 spiro atoms. The second-order valence-corrected chi connectivity index (χ2v) is 11.3. The fourth-order valence-corrected chi connectivity index (χ4v) is 6.56. The number of hydrogen-bond donors (Lipinski definition) is 1. The number of piperidine rings is 1. The number of nitrogens with one attached hydrogen (secondary N) is 1. The normalized spacial score (nSPS) is 19.8. The van der Waals surface area contributed by atoms with E-state index in [9.17, 15) is 18.0 Å². The lowest BCUT2D eigenvalue weighted by molar-refractivity contribution is -0.138. The van der Waals surface area contributed by atoms with Crippen molar-refractivity contribution in [3.63, 3.8) is 0 Å². The predicted molar refractivity (Wildman–Crippen MR) is 124 cm³/mol. The number of carbonyl (C=O) groups excluding carboxylic acids is 2. The fourth-order valence-electron chi connectivity index (χ4n) is 4.34. The summed E-state index contributed by atoms with van der Waals surface area (Å²) >= 11 is 1.55. The predicted octanol–water partition coefficient (Wildman–Crippen LogP) is 2.77. The van der Waals surface area contributed by atoms with Crippen molar-refractivity contribution in [1.82, 2.24) is 14.5 Å². The number of carbonyl (C=O) groups is 2. The summed E-state index contributed by atoms with van der Waals surface area (Å²) in [5.41, 5.74) is 0.824. The summed E-state index contributed by atoms with van der Waals surface area (Å²) in [6.45, 7) is 2.05. The van der Waals surface area contributed by atoms with Crippen molar-refractivity contribution in [1.29, 1.82) is 0 Å². The Bertz CT molecular complexity index is 1030. The van der Waals surface area contributed by atoms with E-state index < -0.39 is 16.1 Å². The Balaban J connectivity index is 1.33. The number of rotatable bonds is 7. The van der Waals surface area contributed by atoms with E-state index in [1.54, 1.807) is 44.8 Å². The van der Waals surface area contributed by atoms with Crippen molar-refractivity contribution in [3.8, 4) is 0 Å². The molecule has 1 N–H and O–H groups in total. The number of benzene rings is 1. The van der Waals surface area contributed by atoms with E-state index in [4.69, 9.17) is 0 Å². The highest BCUT2D eigenvalue weighted by Crippen LogP contribution is 2.22. The number of amides is 2. The summed E-state index contributed by atoms with van der Waals surface area (Å²) < 4.78 is 27.1. The highest BCUT2D eigenvalue weighted by molar-refractivity contribution is 7.89. The van der Waals surface area contributed by atoms with Gasteiger partial charge in [0, 0.05) is 31.1 Å². The quantitative estimate of drug-likeness (QED) is 0.667. The van der Waals surface area contributed by atoms with Crippen molar-refractivity contribution in [3.05, 3.63) is 52.2 Å². The Morgan fingerprint density at radius 1 is 1.00 bits per heavy atom. The fraction of sp³-hybridized carbons (Fsp3) is 0.478. The van der Waals surface area contributed by atoms with Crippen LogP contribution >= 0.6 is 11.3 Å². The molecule has 1 atom stereocenters. The molecule has 0 radical (unpaired) electrons. The maximum absolute atomic E-state index is 12.8. The number of thiophene rings is 1. The van der Waals surface area contributed by atoms with E-state index in [-0.39, 0.29) is 16.7 Å². The molecule has 1 unspecified atom stereocenters. The first-order valence-corrected chi connectivity index (χ1v) is 13.5. The monoisotopic (exact) mass is 475 g/mol. The van der Waals surface area contributed by atoms with E-state index >= 15 is 0 Å². The average molecular weight is 476 g/mol. The van der Waals surface area contributed by atoms with E-state index in [1.807, 2.05) is 17.5 Å². The first-order chi connectivity index (χ1) is 15.4. The van der Waals surface area contributed by atoms with Gasteiger partial charge in [-0.05, 0) is 54.8 Å². The first-order valence-electron chi connectivity index (χ1n) is 11.1. The zero-order valence-corrected chi connectivity index (χ0v) is 19.7. The summed E-state index contributed by atoms with van der Waals surface area (Å²) in [4.78, 5) is 28.4. The minimum Gasteiger partial charge on any atom is -0.350 e. The molecule has 4 rings (SSSR count). The number of nitrogens with zero attached hydrogens (tertiary/aromatic N) is 2. The highest BCUT2D eigenvalue weighted by Gasteiger charge is 2.34. The molecular weight excluding hydrogens is 446 g/mol. The Kier molecular flexibility index (Phi) is 7.27. The lowest BCUT2D eigenvalue weighted by atomic mass is 10.1. The van der Waals surface area contributed by atoms with Crippen LogP contribution in [0.3, 0.4) is 0 Å². The van der Waals surface area contributed by atoms with Crippen LogP contribution in [0.4, 0.5) is 0 Å². The van der Waals surface area contributed by atoms with Gasteiger partial charge < -0.3 is 10.2 Å². The number of likely N-dealkylation sites (tertiary alicyclic amines) is 1. The molecule has 172 valence electrons. The summed E-state index contributed by atoms with van der Waals surface area (Å²) in [5, 5.41) is 4.86. The molecule has 0 saturated carbocycles. The molecule has 9 heteroatoms. The smallest absolute Gasteiger partial charge is 0.243 e. The van der Waals surface area contributed by atoms with Gasteiger partial charge in [-0.2, -0.15) is 4.31 Å². The van der Waals surface area contributed by atoms with Gasteiger partial charge in [0.15, 0.2) is 0 Å². The lowest BCUT2D eigenvalue weighted by Gasteiger charge is -2.26. The first kappa shape index (κ1) is 22.9. The SMILES string of the molecule is O=C(NCc1ccc(S(=O)(=O)N2CCCCC2)cc1)C1CCCN1C(=O)Cc1cccs1. The van der Waals surface area contributed by atoms with Crippen LogP contribution in [-0.4, -0.2) is 55.1 Å². The number of sulfonamides is 1. The summed E-state index contributed by atoms with van der Waals surface area (Å²) in [7, 11) is -3.46. The van der Waals surface area contributed by atoms with Crippen LogP contribution < -0.4 is 5.32 Å². The second kappa shape index (κ2) is 10.1. The lowest BCUT2D eigenvalue weighted by Crippen LogP contribution is -2.46. The van der Waals surface area contributed by atoms with Crippen molar-refractivity contribution >= 4 is 33.2 Å². The summed E-state index contributed by atoms with van der Waals surface area (Å²) in [5.74, 6) is -0.176. The zero-order valence-electron chi connectivity index (χ0n) is 18.0. The molecule has 1 aromatic carbocycles. The van der Waals surface area contributed by atoms with Crippen LogP contribution in [0, 0.1) is 0 Å². The molecule has 7 nitrogen and oxygen atoms in total. The van der Waals surface area contributed by atoms with Gasteiger partial charge in [-0.1, -0.05) is 24.6 Å². The van der Waals surface area contributed by atoms with Crippen molar-refractivity contribution in [2.45, 2.75) is 56.0 Å². The molecule has 2 saturated heterocycles. The van der Waals surface area contributed by atoms with Gasteiger partial charge in [-0.25, -0.2) is 8.42 Å². The summed E-state index contributed by atoms with van der Waals surface area (Å²) in [6.07, 6.45) is 4.68. The van der Waals surface area contributed by atoms with E-state index in [0.29, 0.717) is 39.0 Å². The molecule has 32 heavy (non-hydrogen) atoms. The molecule has 2 aliphatic rings. The van der Waals surface area contributed by atoms with E-state index in [2.05, 4.69) is 5.32 Å². The zero-order chi connectivity index (χ0) is 22.6. The standard InChI is InChI=1S/C23H29N3O4S2/c27-22(16-19-6-5-15-31-19)26-14-4-7-21(26)23(28)24-17-18-8-10-20(11-9-18)32(29,30)25-12-2-1-3-13-25/h5-6,8-11,15,21H,1-4,7,12-14,16-17H2,(H,24,28). The van der Waals surface area contributed by atoms with Gasteiger partial charge >= 0.3 is 0 Å². The molecule has 2 amide bonds. The molecule has 1 aromatic heterocycles. The third kappa shape index (κ3) is 5.22. The van der Waals surface area contributed by atoms with Gasteiger partial charge in [0.05, 0.1) is 11.3 Å². The maximum Gasteiger partial charge on any atom is 0.243 e. The Hall–Kier alpha value is -2.23. The molecular formula is C23H29N3O4S2. The Morgan fingerprint density at radius 2 is 1.75 bits per heavy atom. The minimum absolute atomic E-state index is 0.0163. The van der Waals surface area contributed by atoms with Crippen LogP contribution in [0.1, 0.15) is 42.5 Å². The van der Waals surface area contributed by atoms with Gasteiger partial charge in [-0.15, -0.1) is 11.3 Å². The molecule has 0 bridgehead atoms. The highest BCUT2D eigenvalue weighted by atomic mass is 32.2. The third-order valence-electron chi connectivity index (χ3n) is 6.12. The van der Waals surface area contributed by atoms with Gasteiger partial charge in [0.1, 0.15) is 6.04 Å². The van der Waals surface area contributed by atoms with Crippen molar-refractivity contribution in [2.75, 3.05) is 19.6 Å². The maximum atomic E-state index is 12.8. The third-order valence-corrected chi connectivity index (χ3v) is 8.91. The van der Waals surface area contributed by atoms with Crippen LogP contribution in [-0.2, 0) is 32.6 Å². The van der Waals surface area contributed by atoms with Gasteiger partial charge in [0.2, 0.25) is 21.8 Å². The summed E-state index contributed by atoms with van der Waals surface area (Å²) in [6, 6.07) is 10.1. The van der Waals surface area contributed by atoms with Crippen molar-refractivity contribution in [2.24, 2.45) is 0 Å². The average Bonchev–Trinajstić information content (AvgIpc) is 3.50. The van der Waals surface area contributed by atoms with E-state index in [1.165, 1.54) is 0 Å². The topological polar surface area (TPSA) is 86.8 Å². The second-order valence-electron chi connectivity index (χ2n) is 8.33. The Morgan fingerprint density at radius 3 is 2.44 bits per heavy atom. The number of hydrogen-bond acceptors (Lipinski definition) is 5. The van der Waals surface area contributed by atoms with E-state index in [0.717, 1.165) is 36.1 Å².